The van der Waals surface area contributed by atoms with E-state index in [4.69, 9.17) is 14.6 Å². The average molecular weight is 457 g/mol. The van der Waals surface area contributed by atoms with Gasteiger partial charge in [-0.1, -0.05) is 18.2 Å². The van der Waals surface area contributed by atoms with Crippen molar-refractivity contribution in [1.29, 1.82) is 0 Å². The number of ether oxygens (including phenoxy) is 2. The molecule has 3 heterocycles. The Balaban J connectivity index is 1.51. The first-order chi connectivity index (χ1) is 16.7. The number of carbonyl (C=O) groups is 1. The fourth-order valence-electron chi connectivity index (χ4n) is 4.57. The van der Waals surface area contributed by atoms with E-state index in [1.54, 1.807) is 18.9 Å². The third-order valence-electron chi connectivity index (χ3n) is 6.43. The highest BCUT2D eigenvalue weighted by Gasteiger charge is 2.29. The second-order valence-corrected chi connectivity index (χ2v) is 8.39. The van der Waals surface area contributed by atoms with Crippen LogP contribution < -0.4 is 9.47 Å². The van der Waals surface area contributed by atoms with E-state index in [9.17, 15) is 4.79 Å². The molecule has 4 aromatic rings. The Morgan fingerprint density at radius 1 is 0.941 bits per heavy atom. The van der Waals surface area contributed by atoms with Crippen LogP contribution in [0.4, 0.5) is 0 Å². The smallest absolute Gasteiger partial charge is 0.257 e. The fourth-order valence-corrected chi connectivity index (χ4v) is 4.57. The number of nitrogens with zero attached hydrogens (tertiary/aromatic N) is 4. The number of hydrogen-bond acceptors (Lipinski definition) is 4. The summed E-state index contributed by atoms with van der Waals surface area (Å²) in [7, 11) is 3.24. The van der Waals surface area contributed by atoms with Crippen LogP contribution in [0.3, 0.4) is 0 Å². The summed E-state index contributed by atoms with van der Waals surface area (Å²) in [6.45, 7) is 1.40. The maximum atomic E-state index is 13.8. The van der Waals surface area contributed by atoms with Gasteiger partial charge in [-0.15, -0.1) is 0 Å². The van der Waals surface area contributed by atoms with Gasteiger partial charge in [0.2, 0.25) is 0 Å². The van der Waals surface area contributed by atoms with Crippen LogP contribution in [-0.2, 0) is 0 Å². The molecule has 7 heteroatoms. The third kappa shape index (κ3) is 4.17. The standard InChI is InChI=1S/C27H28N4O3/c1-33-22-10-11-25(34-2)23(18-22)26-24(19-31(28-26)21-8-4-3-5-9-21)27(32)30-16-12-20(13-17-30)29-14-6-7-15-29/h3-11,14-15,18-20H,12-13,16-17H2,1-2H3. The van der Waals surface area contributed by atoms with Crippen LogP contribution >= 0.6 is 0 Å². The highest BCUT2D eigenvalue weighted by atomic mass is 16.5. The van der Waals surface area contributed by atoms with E-state index < -0.39 is 0 Å². The van der Waals surface area contributed by atoms with E-state index in [2.05, 4.69) is 17.0 Å². The second kappa shape index (κ2) is 9.47. The van der Waals surface area contributed by atoms with Crippen molar-refractivity contribution in [2.45, 2.75) is 18.9 Å². The summed E-state index contributed by atoms with van der Waals surface area (Å²) in [5, 5.41) is 4.84. The minimum absolute atomic E-state index is 0.0204. The van der Waals surface area contributed by atoms with Crippen LogP contribution in [0, 0.1) is 0 Å². The van der Waals surface area contributed by atoms with Crippen LogP contribution in [0.15, 0.2) is 79.3 Å². The van der Waals surface area contributed by atoms with E-state index in [-0.39, 0.29) is 5.91 Å². The third-order valence-corrected chi connectivity index (χ3v) is 6.43. The summed E-state index contributed by atoms with van der Waals surface area (Å²) in [5.74, 6) is 1.29. The molecule has 0 saturated carbocycles. The summed E-state index contributed by atoms with van der Waals surface area (Å²) < 4.78 is 15.1. The van der Waals surface area contributed by atoms with Crippen molar-refractivity contribution in [2.24, 2.45) is 0 Å². The Hall–Kier alpha value is -4.00. The summed E-state index contributed by atoms with van der Waals surface area (Å²) in [6.07, 6.45) is 7.86. The lowest BCUT2D eigenvalue weighted by Crippen LogP contribution is -2.39. The van der Waals surface area contributed by atoms with Crippen molar-refractivity contribution in [3.8, 4) is 28.4 Å². The molecule has 0 radical (unpaired) electrons. The number of methoxy groups -OCH3 is 2. The average Bonchev–Trinajstić information content (AvgIpc) is 3.59. The molecule has 0 aliphatic carbocycles. The van der Waals surface area contributed by atoms with Gasteiger partial charge in [0.25, 0.3) is 5.91 Å². The van der Waals surface area contributed by atoms with Gasteiger partial charge in [-0.3, -0.25) is 4.79 Å². The number of benzene rings is 2. The van der Waals surface area contributed by atoms with E-state index >= 15 is 0 Å². The van der Waals surface area contributed by atoms with Crippen molar-refractivity contribution in [3.05, 3.63) is 84.8 Å². The van der Waals surface area contributed by atoms with Crippen LogP contribution in [0.25, 0.3) is 16.9 Å². The number of carbonyl (C=O) groups excluding carboxylic acids is 1. The molecule has 1 aliphatic heterocycles. The first-order valence-electron chi connectivity index (χ1n) is 11.5. The molecule has 2 aromatic heterocycles. The number of amides is 1. The van der Waals surface area contributed by atoms with Gasteiger partial charge >= 0.3 is 0 Å². The van der Waals surface area contributed by atoms with E-state index in [0.717, 1.165) is 24.1 Å². The predicted octanol–water partition coefficient (Wildman–Crippen LogP) is 4.84. The number of rotatable bonds is 6. The number of piperidine rings is 1. The van der Waals surface area contributed by atoms with Gasteiger partial charge < -0.3 is 18.9 Å². The van der Waals surface area contributed by atoms with Gasteiger partial charge in [-0.25, -0.2) is 4.68 Å². The van der Waals surface area contributed by atoms with Crippen molar-refractivity contribution in [1.82, 2.24) is 19.2 Å². The summed E-state index contributed by atoms with van der Waals surface area (Å²) >= 11 is 0. The number of hydrogen-bond donors (Lipinski definition) is 0. The van der Waals surface area contributed by atoms with Crippen LogP contribution in [0.2, 0.25) is 0 Å². The van der Waals surface area contributed by atoms with Gasteiger partial charge in [-0.05, 0) is 55.3 Å². The molecule has 0 spiro atoms. The number of likely N-dealkylation sites (tertiary alicyclic amines) is 1. The predicted molar refractivity (Wildman–Crippen MR) is 131 cm³/mol. The Morgan fingerprint density at radius 2 is 1.68 bits per heavy atom. The summed E-state index contributed by atoms with van der Waals surface area (Å²) in [4.78, 5) is 15.7. The maximum absolute atomic E-state index is 13.8. The largest absolute Gasteiger partial charge is 0.497 e. The highest BCUT2D eigenvalue weighted by molar-refractivity contribution is 6.00. The maximum Gasteiger partial charge on any atom is 0.257 e. The molecule has 0 bridgehead atoms. The van der Waals surface area contributed by atoms with E-state index in [1.807, 2.05) is 71.8 Å². The lowest BCUT2D eigenvalue weighted by atomic mass is 10.0. The van der Waals surface area contributed by atoms with Crippen LogP contribution in [0.1, 0.15) is 29.2 Å². The molecule has 0 unspecified atom stereocenters. The quantitative estimate of drug-likeness (QED) is 0.417. The first-order valence-corrected chi connectivity index (χ1v) is 11.5. The zero-order valence-electron chi connectivity index (χ0n) is 19.4. The number of para-hydroxylation sites is 1. The Kier molecular flexibility index (Phi) is 6.08. The molecule has 0 atom stereocenters. The summed E-state index contributed by atoms with van der Waals surface area (Å²) in [6, 6.07) is 19.9. The molecule has 174 valence electrons. The van der Waals surface area contributed by atoms with Crippen molar-refractivity contribution in [2.75, 3.05) is 27.3 Å². The Bertz CT molecular complexity index is 1260. The zero-order chi connectivity index (χ0) is 23.5. The molecule has 1 amide bonds. The minimum Gasteiger partial charge on any atom is -0.497 e. The van der Waals surface area contributed by atoms with Crippen molar-refractivity contribution >= 4 is 5.91 Å². The first kappa shape index (κ1) is 21.8. The lowest BCUT2D eigenvalue weighted by molar-refractivity contribution is 0.0695. The summed E-state index contributed by atoms with van der Waals surface area (Å²) in [5.41, 5.74) is 2.74. The molecule has 1 aliphatic rings. The van der Waals surface area contributed by atoms with Crippen LogP contribution in [-0.4, -0.2) is 52.5 Å². The van der Waals surface area contributed by atoms with Gasteiger partial charge in [0.1, 0.15) is 17.2 Å². The SMILES string of the molecule is COc1ccc(OC)c(-c2nn(-c3ccccc3)cc2C(=O)N2CCC(n3cccc3)CC2)c1. The topological polar surface area (TPSA) is 61.5 Å². The molecule has 0 N–H and O–H groups in total. The van der Waals surface area contributed by atoms with Crippen molar-refractivity contribution < 1.29 is 14.3 Å². The normalized spacial score (nSPS) is 14.2. The lowest BCUT2D eigenvalue weighted by Gasteiger charge is -2.32. The molecule has 2 aromatic carbocycles. The molecule has 1 fully saturated rings. The van der Waals surface area contributed by atoms with Gasteiger partial charge in [0.05, 0.1) is 25.5 Å². The van der Waals surface area contributed by atoms with Gasteiger partial charge in [-0.2, -0.15) is 5.10 Å². The van der Waals surface area contributed by atoms with E-state index in [1.165, 1.54) is 0 Å². The van der Waals surface area contributed by atoms with Crippen molar-refractivity contribution in [3.63, 3.8) is 0 Å². The Labute approximate surface area is 199 Å². The highest BCUT2D eigenvalue weighted by Crippen LogP contribution is 2.36. The fraction of sp³-hybridized carbons (Fsp3) is 0.259. The van der Waals surface area contributed by atoms with E-state index in [0.29, 0.717) is 41.9 Å². The number of aromatic nitrogens is 3. The second-order valence-electron chi connectivity index (χ2n) is 8.39. The molecular weight excluding hydrogens is 428 g/mol. The molecular formula is C27H28N4O3. The van der Waals surface area contributed by atoms with Gasteiger partial charge in [0.15, 0.2) is 0 Å². The van der Waals surface area contributed by atoms with Crippen LogP contribution in [0.5, 0.6) is 11.5 Å². The molecule has 5 rings (SSSR count). The monoisotopic (exact) mass is 456 g/mol. The minimum atomic E-state index is -0.0204. The van der Waals surface area contributed by atoms with Gasteiger partial charge in [0, 0.05) is 43.3 Å². The molecule has 34 heavy (non-hydrogen) atoms. The zero-order valence-corrected chi connectivity index (χ0v) is 19.4. The molecule has 1 saturated heterocycles. The molecule has 7 nitrogen and oxygen atoms in total. The Morgan fingerprint density at radius 3 is 2.35 bits per heavy atom.